The van der Waals surface area contributed by atoms with Gasteiger partial charge >= 0.3 is 5.97 Å². The van der Waals surface area contributed by atoms with Gasteiger partial charge in [0, 0.05) is 4.90 Å². The molecule has 1 saturated carbocycles. The quantitative estimate of drug-likeness (QED) is 0.659. The highest BCUT2D eigenvalue weighted by atomic mass is 32.2. The van der Waals surface area contributed by atoms with Gasteiger partial charge in [0.2, 0.25) is 0 Å². The van der Waals surface area contributed by atoms with Gasteiger partial charge in [-0.15, -0.1) is 11.8 Å². The summed E-state index contributed by atoms with van der Waals surface area (Å²) in [5.41, 5.74) is 0. The van der Waals surface area contributed by atoms with Gasteiger partial charge in [-0.1, -0.05) is 37.8 Å². The Morgan fingerprint density at radius 1 is 1.21 bits per heavy atom. The molecule has 2 rings (SSSR count). The molecule has 1 fully saturated rings. The van der Waals surface area contributed by atoms with Crippen molar-refractivity contribution in [3.05, 3.63) is 30.1 Å². The van der Waals surface area contributed by atoms with Crippen LogP contribution in [-0.2, 0) is 4.79 Å². The van der Waals surface area contributed by atoms with E-state index in [1.54, 1.807) is 18.2 Å². The van der Waals surface area contributed by atoms with Crippen LogP contribution in [0.5, 0.6) is 0 Å². The van der Waals surface area contributed by atoms with Crippen molar-refractivity contribution in [2.75, 3.05) is 0 Å². The van der Waals surface area contributed by atoms with Crippen LogP contribution in [0.1, 0.15) is 38.5 Å². The van der Waals surface area contributed by atoms with Crippen LogP contribution in [0.2, 0.25) is 0 Å². The second-order valence-electron chi connectivity index (χ2n) is 5.06. The Bertz CT molecular complexity index is 428. The lowest BCUT2D eigenvalue weighted by molar-refractivity contribution is -0.137. The Hall–Kier alpha value is -1.03. The molecule has 104 valence electrons. The monoisotopic (exact) mass is 282 g/mol. The minimum atomic E-state index is -0.819. The molecule has 0 aromatic heterocycles. The van der Waals surface area contributed by atoms with Crippen molar-refractivity contribution in [1.82, 2.24) is 0 Å². The van der Waals surface area contributed by atoms with Crippen molar-refractivity contribution in [2.45, 2.75) is 48.7 Å². The van der Waals surface area contributed by atoms with E-state index in [4.69, 9.17) is 0 Å². The van der Waals surface area contributed by atoms with E-state index in [2.05, 4.69) is 0 Å². The number of rotatable bonds is 4. The van der Waals surface area contributed by atoms with Gasteiger partial charge < -0.3 is 5.11 Å². The average molecular weight is 282 g/mol. The Kier molecular flexibility index (Phi) is 5.25. The van der Waals surface area contributed by atoms with Crippen LogP contribution in [0.15, 0.2) is 29.2 Å². The SMILES string of the molecule is O=C(O)C(Sc1ccccc1F)C1CCCCCC1. The van der Waals surface area contributed by atoms with Crippen molar-refractivity contribution >= 4 is 17.7 Å². The average Bonchev–Trinajstić information content (AvgIpc) is 2.66. The maximum absolute atomic E-state index is 13.6. The molecule has 1 N–H and O–H groups in total. The highest BCUT2D eigenvalue weighted by molar-refractivity contribution is 8.00. The largest absolute Gasteiger partial charge is 0.480 e. The van der Waals surface area contributed by atoms with Crippen molar-refractivity contribution < 1.29 is 14.3 Å². The lowest BCUT2D eigenvalue weighted by atomic mass is 9.96. The normalized spacial score (nSPS) is 18.8. The van der Waals surface area contributed by atoms with Gasteiger partial charge in [0.05, 0.1) is 0 Å². The van der Waals surface area contributed by atoms with Crippen molar-refractivity contribution in [3.63, 3.8) is 0 Å². The predicted molar refractivity (Wildman–Crippen MR) is 74.9 cm³/mol. The van der Waals surface area contributed by atoms with E-state index in [1.807, 2.05) is 0 Å². The lowest BCUT2D eigenvalue weighted by Gasteiger charge is -2.22. The van der Waals surface area contributed by atoms with Gasteiger partial charge in [-0.2, -0.15) is 0 Å². The number of hydrogen-bond acceptors (Lipinski definition) is 2. The molecule has 0 amide bonds. The van der Waals surface area contributed by atoms with E-state index >= 15 is 0 Å². The van der Waals surface area contributed by atoms with Gasteiger partial charge in [0.15, 0.2) is 0 Å². The first-order valence-electron chi connectivity index (χ1n) is 6.82. The van der Waals surface area contributed by atoms with Crippen LogP contribution in [0.25, 0.3) is 0 Å². The predicted octanol–water partition coefficient (Wildman–Crippen LogP) is 4.34. The molecule has 1 aliphatic rings. The van der Waals surface area contributed by atoms with E-state index in [-0.39, 0.29) is 11.7 Å². The zero-order valence-corrected chi connectivity index (χ0v) is 11.7. The molecule has 4 heteroatoms. The van der Waals surface area contributed by atoms with Crippen LogP contribution in [-0.4, -0.2) is 16.3 Å². The Morgan fingerprint density at radius 2 is 1.84 bits per heavy atom. The second kappa shape index (κ2) is 6.94. The molecule has 1 aliphatic carbocycles. The van der Waals surface area contributed by atoms with Crippen LogP contribution in [0.4, 0.5) is 4.39 Å². The maximum Gasteiger partial charge on any atom is 0.317 e. The summed E-state index contributed by atoms with van der Waals surface area (Å²) in [5, 5.41) is 8.89. The number of benzene rings is 1. The van der Waals surface area contributed by atoms with Crippen LogP contribution < -0.4 is 0 Å². The highest BCUT2D eigenvalue weighted by Gasteiger charge is 2.30. The molecule has 1 atom stereocenters. The number of halogens is 1. The zero-order valence-electron chi connectivity index (χ0n) is 10.8. The third-order valence-corrected chi connectivity index (χ3v) is 5.09. The number of carboxylic acids is 1. The molecule has 0 heterocycles. The van der Waals surface area contributed by atoms with Crippen LogP contribution >= 0.6 is 11.8 Å². The van der Waals surface area contributed by atoms with Crippen molar-refractivity contribution in [2.24, 2.45) is 5.92 Å². The summed E-state index contributed by atoms with van der Waals surface area (Å²) in [6.45, 7) is 0. The lowest BCUT2D eigenvalue weighted by Crippen LogP contribution is -2.26. The number of hydrogen-bond donors (Lipinski definition) is 1. The first-order chi connectivity index (χ1) is 9.18. The van der Waals surface area contributed by atoms with Gasteiger partial charge in [-0.25, -0.2) is 4.39 Å². The Labute approximate surface area is 117 Å². The van der Waals surface area contributed by atoms with Crippen LogP contribution in [0.3, 0.4) is 0 Å². The first-order valence-corrected chi connectivity index (χ1v) is 7.70. The third-order valence-electron chi connectivity index (χ3n) is 3.66. The third kappa shape index (κ3) is 3.96. The molecule has 1 unspecified atom stereocenters. The fourth-order valence-corrected chi connectivity index (χ4v) is 3.82. The fourth-order valence-electron chi connectivity index (χ4n) is 2.64. The smallest absolute Gasteiger partial charge is 0.317 e. The van der Waals surface area contributed by atoms with E-state index < -0.39 is 11.2 Å². The van der Waals surface area contributed by atoms with E-state index in [0.29, 0.717) is 4.90 Å². The van der Waals surface area contributed by atoms with E-state index in [9.17, 15) is 14.3 Å². The minimum absolute atomic E-state index is 0.157. The molecule has 1 aromatic rings. The number of carbonyl (C=O) groups is 1. The molecule has 0 saturated heterocycles. The van der Waals surface area contributed by atoms with Crippen molar-refractivity contribution in [1.29, 1.82) is 0 Å². The van der Waals surface area contributed by atoms with Gasteiger partial charge in [-0.3, -0.25) is 4.79 Å². The summed E-state index contributed by atoms with van der Waals surface area (Å²) >= 11 is 1.16. The minimum Gasteiger partial charge on any atom is -0.480 e. The molecule has 0 radical (unpaired) electrons. The summed E-state index contributed by atoms with van der Waals surface area (Å²) in [5.74, 6) is -0.989. The summed E-state index contributed by atoms with van der Waals surface area (Å²) < 4.78 is 13.6. The molecule has 0 spiro atoms. The molecular weight excluding hydrogens is 263 g/mol. The summed E-state index contributed by atoms with van der Waals surface area (Å²) in [7, 11) is 0. The first kappa shape index (κ1) is 14.4. The second-order valence-corrected chi connectivity index (χ2v) is 6.24. The molecule has 19 heavy (non-hydrogen) atoms. The summed E-state index contributed by atoms with van der Waals surface area (Å²) in [6, 6.07) is 6.42. The fraction of sp³-hybridized carbons (Fsp3) is 0.533. The summed E-state index contributed by atoms with van der Waals surface area (Å²) in [4.78, 5) is 11.9. The standard InChI is InChI=1S/C15H19FO2S/c16-12-9-5-6-10-13(12)19-14(15(17)18)11-7-3-1-2-4-8-11/h5-6,9-11,14H,1-4,7-8H2,(H,17,18). The number of thioether (sulfide) groups is 1. The Balaban J connectivity index is 2.11. The maximum atomic E-state index is 13.6. The molecule has 1 aromatic carbocycles. The Morgan fingerprint density at radius 3 is 2.42 bits per heavy atom. The molecule has 0 bridgehead atoms. The highest BCUT2D eigenvalue weighted by Crippen LogP contribution is 2.36. The summed E-state index contributed by atoms with van der Waals surface area (Å²) in [6.07, 6.45) is 6.44. The van der Waals surface area contributed by atoms with Gasteiger partial charge in [-0.05, 0) is 30.9 Å². The zero-order chi connectivity index (χ0) is 13.7. The molecule has 0 aliphatic heterocycles. The molecule has 2 nitrogen and oxygen atoms in total. The van der Waals surface area contributed by atoms with Crippen molar-refractivity contribution in [3.8, 4) is 0 Å². The van der Waals surface area contributed by atoms with Gasteiger partial charge in [0.1, 0.15) is 11.1 Å². The molecular formula is C15H19FO2S. The topological polar surface area (TPSA) is 37.3 Å². The van der Waals surface area contributed by atoms with Gasteiger partial charge in [0.25, 0.3) is 0 Å². The van der Waals surface area contributed by atoms with E-state index in [0.717, 1.165) is 37.4 Å². The van der Waals surface area contributed by atoms with Crippen LogP contribution in [0, 0.1) is 11.7 Å². The number of carboxylic acid groups (broad SMARTS) is 1. The number of aliphatic carboxylic acids is 1. The van der Waals surface area contributed by atoms with E-state index in [1.165, 1.54) is 18.9 Å².